The van der Waals surface area contributed by atoms with Crippen LogP contribution in [-0.4, -0.2) is 21.0 Å². The Morgan fingerprint density at radius 3 is 2.48 bits per heavy atom. The van der Waals surface area contributed by atoms with Gasteiger partial charge in [0.25, 0.3) is 5.89 Å². The Kier molecular flexibility index (Phi) is 4.94. The first-order valence-corrected chi connectivity index (χ1v) is 8.98. The Labute approximate surface area is 150 Å². The summed E-state index contributed by atoms with van der Waals surface area (Å²) in [5, 5.41) is 7.46. The van der Waals surface area contributed by atoms with Crippen molar-refractivity contribution in [3.8, 4) is 22.2 Å². The Hall–Kier alpha value is -2.54. The highest BCUT2D eigenvalue weighted by atomic mass is 32.1. The third-order valence-corrected chi connectivity index (χ3v) is 4.58. The lowest BCUT2D eigenvalue weighted by atomic mass is 10.1. The minimum atomic E-state index is -0.108. The number of amides is 1. The number of hydrogen-bond acceptors (Lipinski definition) is 6. The summed E-state index contributed by atoms with van der Waals surface area (Å²) in [5.74, 6) is 0.952. The second-order valence-corrected chi connectivity index (χ2v) is 7.32. The van der Waals surface area contributed by atoms with Crippen LogP contribution in [0.3, 0.4) is 0 Å². The van der Waals surface area contributed by atoms with Crippen molar-refractivity contribution < 1.29 is 9.32 Å². The fourth-order valence-electron chi connectivity index (χ4n) is 2.20. The number of nitrogens with zero attached hydrogens (tertiary/aromatic N) is 3. The fraction of sp³-hybridized carbons (Fsp3) is 0.333. The number of thiazole rings is 1. The maximum absolute atomic E-state index is 11.9. The number of hydrogen-bond donors (Lipinski definition) is 1. The second kappa shape index (κ2) is 7.14. The van der Waals surface area contributed by atoms with Crippen molar-refractivity contribution in [2.24, 2.45) is 5.92 Å². The van der Waals surface area contributed by atoms with Gasteiger partial charge in [-0.3, -0.25) is 4.79 Å². The Morgan fingerprint density at radius 1 is 1.12 bits per heavy atom. The van der Waals surface area contributed by atoms with Crippen LogP contribution in [-0.2, 0) is 4.79 Å². The summed E-state index contributed by atoms with van der Waals surface area (Å²) in [6.45, 7) is 7.77. The maximum atomic E-state index is 11.9. The molecular formula is C18H20N4O2S. The minimum absolute atomic E-state index is 0.0638. The van der Waals surface area contributed by atoms with E-state index in [1.807, 2.05) is 58.0 Å². The first-order valence-electron chi connectivity index (χ1n) is 8.16. The molecule has 2 heterocycles. The van der Waals surface area contributed by atoms with Gasteiger partial charge in [-0.1, -0.05) is 74.5 Å². The van der Waals surface area contributed by atoms with Crippen molar-refractivity contribution in [1.82, 2.24) is 15.1 Å². The van der Waals surface area contributed by atoms with E-state index < -0.39 is 0 Å². The van der Waals surface area contributed by atoms with Crippen molar-refractivity contribution in [3.63, 3.8) is 0 Å². The zero-order chi connectivity index (χ0) is 18.0. The Bertz CT molecular complexity index is 868. The van der Waals surface area contributed by atoms with Crippen LogP contribution in [0, 0.1) is 5.92 Å². The van der Waals surface area contributed by atoms with Crippen LogP contribution in [0.5, 0.6) is 0 Å². The summed E-state index contributed by atoms with van der Waals surface area (Å²) in [6.07, 6.45) is 0. The van der Waals surface area contributed by atoms with Gasteiger partial charge in [-0.25, -0.2) is 4.98 Å². The van der Waals surface area contributed by atoms with Gasteiger partial charge in [0.1, 0.15) is 4.88 Å². The summed E-state index contributed by atoms with van der Waals surface area (Å²) in [4.78, 5) is 21.8. The van der Waals surface area contributed by atoms with Crippen LogP contribution >= 0.6 is 11.3 Å². The molecule has 1 amide bonds. The van der Waals surface area contributed by atoms with Crippen molar-refractivity contribution >= 4 is 22.4 Å². The lowest BCUT2D eigenvalue weighted by molar-refractivity contribution is -0.118. The number of nitrogens with one attached hydrogen (secondary N) is 1. The van der Waals surface area contributed by atoms with Crippen molar-refractivity contribution in [2.75, 3.05) is 5.32 Å². The minimum Gasteiger partial charge on any atom is -0.333 e. The van der Waals surface area contributed by atoms with E-state index in [0.717, 1.165) is 16.1 Å². The molecule has 0 aliphatic heterocycles. The van der Waals surface area contributed by atoms with E-state index in [0.29, 0.717) is 16.8 Å². The first-order chi connectivity index (χ1) is 12.0. The molecule has 0 aliphatic rings. The molecule has 0 fully saturated rings. The van der Waals surface area contributed by atoms with Crippen LogP contribution in [0.25, 0.3) is 22.2 Å². The van der Waals surface area contributed by atoms with E-state index in [-0.39, 0.29) is 17.7 Å². The second-order valence-electron chi connectivity index (χ2n) is 6.32. The molecule has 0 unspecified atom stereocenters. The maximum Gasteiger partial charge on any atom is 0.270 e. The van der Waals surface area contributed by atoms with Crippen LogP contribution < -0.4 is 5.32 Å². The van der Waals surface area contributed by atoms with E-state index in [2.05, 4.69) is 20.4 Å². The fourth-order valence-corrected chi connectivity index (χ4v) is 3.24. The molecule has 7 heteroatoms. The Morgan fingerprint density at radius 2 is 1.84 bits per heavy atom. The van der Waals surface area contributed by atoms with Gasteiger partial charge in [0.15, 0.2) is 5.13 Å². The summed E-state index contributed by atoms with van der Waals surface area (Å²) in [7, 11) is 0. The normalized spacial score (nSPS) is 11.3. The monoisotopic (exact) mass is 356 g/mol. The zero-order valence-electron chi connectivity index (χ0n) is 14.6. The van der Waals surface area contributed by atoms with Crippen LogP contribution in [0.15, 0.2) is 34.9 Å². The molecule has 3 aromatic rings. The highest BCUT2D eigenvalue weighted by Crippen LogP contribution is 2.36. The molecule has 3 rings (SSSR count). The molecule has 1 N–H and O–H groups in total. The number of rotatable bonds is 5. The lowest BCUT2D eigenvalue weighted by Gasteiger charge is -2.03. The van der Waals surface area contributed by atoms with Crippen LogP contribution in [0.1, 0.15) is 39.3 Å². The average molecular weight is 356 g/mol. The number of aromatic nitrogens is 3. The molecule has 0 atom stereocenters. The SMILES string of the molecule is CC(C)C(=O)Nc1nc(C(C)C)c(-c2nc(-c3ccccc3)no2)s1. The highest BCUT2D eigenvalue weighted by Gasteiger charge is 2.22. The van der Waals surface area contributed by atoms with Gasteiger partial charge < -0.3 is 9.84 Å². The summed E-state index contributed by atoms with van der Waals surface area (Å²) >= 11 is 1.36. The van der Waals surface area contributed by atoms with E-state index in [1.165, 1.54) is 11.3 Å². The summed E-state index contributed by atoms with van der Waals surface area (Å²) < 4.78 is 5.46. The van der Waals surface area contributed by atoms with Gasteiger partial charge in [0, 0.05) is 11.5 Å². The molecule has 1 aromatic carbocycles. The van der Waals surface area contributed by atoms with E-state index in [4.69, 9.17) is 4.52 Å². The third-order valence-electron chi connectivity index (χ3n) is 3.61. The predicted molar refractivity (Wildman–Crippen MR) is 98.4 cm³/mol. The Balaban J connectivity index is 1.95. The topological polar surface area (TPSA) is 80.9 Å². The van der Waals surface area contributed by atoms with Gasteiger partial charge in [-0.05, 0) is 5.92 Å². The molecule has 0 spiro atoms. The standard InChI is InChI=1S/C18H20N4O2S/c1-10(2)13-14(25-18(19-13)21-16(23)11(3)4)17-20-15(22-24-17)12-8-6-5-7-9-12/h5-11H,1-4H3,(H,19,21,23). The number of carbonyl (C=O) groups is 1. The smallest absolute Gasteiger partial charge is 0.270 e. The number of benzene rings is 1. The van der Waals surface area contributed by atoms with E-state index >= 15 is 0 Å². The average Bonchev–Trinajstić information content (AvgIpc) is 3.22. The van der Waals surface area contributed by atoms with Gasteiger partial charge in [0.2, 0.25) is 11.7 Å². The molecule has 0 saturated carbocycles. The molecule has 0 aliphatic carbocycles. The summed E-state index contributed by atoms with van der Waals surface area (Å²) in [5.41, 5.74) is 1.73. The quantitative estimate of drug-likeness (QED) is 0.724. The van der Waals surface area contributed by atoms with Crippen LogP contribution in [0.4, 0.5) is 5.13 Å². The molecule has 2 aromatic heterocycles. The molecule has 0 radical (unpaired) electrons. The lowest BCUT2D eigenvalue weighted by Crippen LogP contribution is -2.17. The largest absolute Gasteiger partial charge is 0.333 e. The van der Waals surface area contributed by atoms with Gasteiger partial charge in [-0.15, -0.1) is 0 Å². The van der Waals surface area contributed by atoms with Crippen molar-refractivity contribution in [3.05, 3.63) is 36.0 Å². The van der Waals surface area contributed by atoms with Gasteiger partial charge in [-0.2, -0.15) is 4.98 Å². The van der Waals surface area contributed by atoms with E-state index in [9.17, 15) is 4.79 Å². The van der Waals surface area contributed by atoms with Gasteiger partial charge >= 0.3 is 0 Å². The number of carbonyl (C=O) groups excluding carboxylic acids is 1. The highest BCUT2D eigenvalue weighted by molar-refractivity contribution is 7.19. The number of anilines is 1. The predicted octanol–water partition coefficient (Wildman–Crippen LogP) is 4.58. The molecular weight excluding hydrogens is 336 g/mol. The van der Waals surface area contributed by atoms with Crippen molar-refractivity contribution in [1.29, 1.82) is 0 Å². The molecule has 6 nitrogen and oxygen atoms in total. The van der Waals surface area contributed by atoms with E-state index in [1.54, 1.807) is 0 Å². The van der Waals surface area contributed by atoms with Gasteiger partial charge in [0.05, 0.1) is 5.69 Å². The third kappa shape index (κ3) is 3.76. The first kappa shape index (κ1) is 17.3. The zero-order valence-corrected chi connectivity index (χ0v) is 15.4. The van der Waals surface area contributed by atoms with Crippen LogP contribution in [0.2, 0.25) is 0 Å². The summed E-state index contributed by atoms with van der Waals surface area (Å²) in [6, 6.07) is 9.65. The molecule has 0 saturated heterocycles. The molecule has 130 valence electrons. The van der Waals surface area contributed by atoms with Crippen molar-refractivity contribution in [2.45, 2.75) is 33.6 Å². The molecule has 25 heavy (non-hydrogen) atoms. The molecule has 0 bridgehead atoms.